The number of aromatic amines is 1. The number of hydrogen-bond donors (Lipinski definition) is 2. The molecule has 0 saturated carbocycles. The Morgan fingerprint density at radius 1 is 1.15 bits per heavy atom. The molecule has 2 aromatic heterocycles. The first-order valence-electron chi connectivity index (χ1n) is 6.54. The Morgan fingerprint density at radius 2 is 1.95 bits per heavy atom. The fourth-order valence-corrected chi connectivity index (χ4v) is 2.52. The highest BCUT2D eigenvalue weighted by Crippen LogP contribution is 2.37. The number of aromatic nitrogens is 2. The average Bonchev–Trinajstić information content (AvgIpc) is 2.92. The van der Waals surface area contributed by atoms with Crippen molar-refractivity contribution in [3.8, 4) is 22.4 Å². The van der Waals surface area contributed by atoms with E-state index in [1.165, 1.54) is 5.56 Å². The number of nitrogens with two attached hydrogens (primary N) is 1. The van der Waals surface area contributed by atoms with E-state index in [-0.39, 0.29) is 0 Å². The maximum Gasteiger partial charge on any atom is 0.153 e. The van der Waals surface area contributed by atoms with E-state index < -0.39 is 0 Å². The van der Waals surface area contributed by atoms with E-state index in [1.54, 1.807) is 0 Å². The molecule has 2 heterocycles. The summed E-state index contributed by atoms with van der Waals surface area (Å²) in [5, 5.41) is 7.19. The molecule has 0 aliphatic heterocycles. The number of nitrogen functional groups attached to an aromatic ring is 1. The Balaban J connectivity index is 2.22. The zero-order chi connectivity index (χ0) is 14.3. The smallest absolute Gasteiger partial charge is 0.153 e. The van der Waals surface area contributed by atoms with Gasteiger partial charge < -0.3 is 10.2 Å². The molecular formula is C16H17N3O. The molecule has 1 aromatic carbocycles. The third-order valence-electron chi connectivity index (χ3n) is 3.41. The minimum absolute atomic E-state index is 0.504. The van der Waals surface area contributed by atoms with Gasteiger partial charge in [0.15, 0.2) is 5.82 Å². The van der Waals surface area contributed by atoms with Crippen molar-refractivity contribution in [3.63, 3.8) is 0 Å². The van der Waals surface area contributed by atoms with E-state index in [0.29, 0.717) is 5.82 Å². The summed E-state index contributed by atoms with van der Waals surface area (Å²) in [6.45, 7) is 5.94. The maximum absolute atomic E-state index is 6.04. The van der Waals surface area contributed by atoms with Gasteiger partial charge in [-0.05, 0) is 32.4 Å². The molecule has 4 heteroatoms. The largest absolute Gasteiger partial charge is 0.466 e. The van der Waals surface area contributed by atoms with Crippen molar-refractivity contribution in [2.45, 2.75) is 20.8 Å². The molecule has 102 valence electrons. The number of anilines is 1. The molecule has 3 N–H and O–H groups in total. The van der Waals surface area contributed by atoms with E-state index in [0.717, 1.165) is 33.9 Å². The number of benzene rings is 1. The fraction of sp³-hybridized carbons (Fsp3) is 0.188. The number of hydrogen-bond acceptors (Lipinski definition) is 3. The Hall–Kier alpha value is -2.49. The Kier molecular flexibility index (Phi) is 2.86. The predicted molar refractivity (Wildman–Crippen MR) is 80.3 cm³/mol. The lowest BCUT2D eigenvalue weighted by Crippen LogP contribution is -1.89. The van der Waals surface area contributed by atoms with Crippen molar-refractivity contribution in [3.05, 3.63) is 47.4 Å². The SMILES string of the molecule is Cc1cccc(-c2c(N)n[nH]c2-c2cc(C)oc2C)c1. The Bertz CT molecular complexity index is 768. The minimum Gasteiger partial charge on any atom is -0.466 e. The van der Waals surface area contributed by atoms with Crippen LogP contribution in [-0.2, 0) is 0 Å². The number of H-pyrrole nitrogens is 1. The van der Waals surface area contributed by atoms with E-state index in [2.05, 4.69) is 29.3 Å². The second-order valence-electron chi connectivity index (χ2n) is 5.06. The first-order chi connectivity index (χ1) is 9.56. The first kappa shape index (κ1) is 12.5. The standard InChI is InChI=1S/C16H17N3O/c1-9-5-4-6-12(7-9)14-15(18-19-16(14)17)13-8-10(2)20-11(13)3/h4-8H,1-3H3,(H3,17,18,19). The van der Waals surface area contributed by atoms with Crippen LogP contribution in [0, 0.1) is 20.8 Å². The van der Waals surface area contributed by atoms with Crippen molar-refractivity contribution in [1.29, 1.82) is 0 Å². The van der Waals surface area contributed by atoms with Crippen molar-refractivity contribution >= 4 is 5.82 Å². The molecule has 0 radical (unpaired) electrons. The van der Waals surface area contributed by atoms with Gasteiger partial charge in [0.2, 0.25) is 0 Å². The quantitative estimate of drug-likeness (QED) is 0.741. The van der Waals surface area contributed by atoms with E-state index in [4.69, 9.17) is 10.2 Å². The zero-order valence-corrected chi connectivity index (χ0v) is 11.8. The van der Waals surface area contributed by atoms with Gasteiger partial charge in [0, 0.05) is 5.56 Å². The zero-order valence-electron chi connectivity index (χ0n) is 11.8. The van der Waals surface area contributed by atoms with Gasteiger partial charge in [-0.15, -0.1) is 0 Å². The van der Waals surface area contributed by atoms with Gasteiger partial charge in [-0.2, -0.15) is 5.10 Å². The predicted octanol–water partition coefficient (Wildman–Crippen LogP) is 3.84. The summed E-state index contributed by atoms with van der Waals surface area (Å²) in [6.07, 6.45) is 0. The van der Waals surface area contributed by atoms with Crippen LogP contribution in [0.1, 0.15) is 17.1 Å². The van der Waals surface area contributed by atoms with Crippen LogP contribution in [0.5, 0.6) is 0 Å². The summed E-state index contributed by atoms with van der Waals surface area (Å²) in [4.78, 5) is 0. The summed E-state index contributed by atoms with van der Waals surface area (Å²) in [5.74, 6) is 2.24. The highest BCUT2D eigenvalue weighted by Gasteiger charge is 2.18. The molecule has 20 heavy (non-hydrogen) atoms. The van der Waals surface area contributed by atoms with Crippen LogP contribution < -0.4 is 5.73 Å². The number of nitrogens with zero attached hydrogens (tertiary/aromatic N) is 1. The van der Waals surface area contributed by atoms with Crippen LogP contribution in [0.3, 0.4) is 0 Å². The lowest BCUT2D eigenvalue weighted by atomic mass is 9.99. The van der Waals surface area contributed by atoms with E-state index >= 15 is 0 Å². The van der Waals surface area contributed by atoms with Gasteiger partial charge in [0.25, 0.3) is 0 Å². The molecule has 0 unspecified atom stereocenters. The van der Waals surface area contributed by atoms with Gasteiger partial charge >= 0.3 is 0 Å². The number of furan rings is 1. The number of aryl methyl sites for hydroxylation is 3. The second-order valence-corrected chi connectivity index (χ2v) is 5.06. The molecule has 3 aromatic rings. The molecule has 0 fully saturated rings. The normalized spacial score (nSPS) is 10.9. The van der Waals surface area contributed by atoms with Crippen molar-refractivity contribution in [1.82, 2.24) is 10.2 Å². The average molecular weight is 267 g/mol. The van der Waals surface area contributed by atoms with Gasteiger partial charge in [-0.3, -0.25) is 5.10 Å². The van der Waals surface area contributed by atoms with Crippen molar-refractivity contribution in [2.75, 3.05) is 5.73 Å². The first-order valence-corrected chi connectivity index (χ1v) is 6.54. The van der Waals surface area contributed by atoms with Crippen LogP contribution in [0.15, 0.2) is 34.7 Å². The molecule has 0 bridgehead atoms. The summed E-state index contributed by atoms with van der Waals surface area (Å²) < 4.78 is 5.60. The van der Waals surface area contributed by atoms with E-state index in [9.17, 15) is 0 Å². The molecule has 3 rings (SSSR count). The van der Waals surface area contributed by atoms with Crippen LogP contribution >= 0.6 is 0 Å². The van der Waals surface area contributed by atoms with Gasteiger partial charge in [0.05, 0.1) is 11.3 Å². The van der Waals surface area contributed by atoms with Crippen LogP contribution in [-0.4, -0.2) is 10.2 Å². The van der Waals surface area contributed by atoms with Crippen LogP contribution in [0.2, 0.25) is 0 Å². The monoisotopic (exact) mass is 267 g/mol. The van der Waals surface area contributed by atoms with Crippen LogP contribution in [0.25, 0.3) is 22.4 Å². The van der Waals surface area contributed by atoms with E-state index in [1.807, 2.05) is 32.0 Å². The highest BCUT2D eigenvalue weighted by atomic mass is 16.3. The molecule has 4 nitrogen and oxygen atoms in total. The number of nitrogens with one attached hydrogen (secondary N) is 1. The molecule has 0 amide bonds. The van der Waals surface area contributed by atoms with Gasteiger partial charge in [-0.1, -0.05) is 29.8 Å². The fourth-order valence-electron chi connectivity index (χ4n) is 2.52. The Labute approximate surface area is 117 Å². The third-order valence-corrected chi connectivity index (χ3v) is 3.41. The third kappa shape index (κ3) is 1.99. The van der Waals surface area contributed by atoms with Gasteiger partial charge in [-0.25, -0.2) is 0 Å². The lowest BCUT2D eigenvalue weighted by molar-refractivity contribution is 0.505. The summed E-state index contributed by atoms with van der Waals surface area (Å²) in [7, 11) is 0. The summed E-state index contributed by atoms with van der Waals surface area (Å²) >= 11 is 0. The second kappa shape index (κ2) is 4.56. The molecule has 0 aliphatic carbocycles. The minimum atomic E-state index is 0.504. The Morgan fingerprint density at radius 3 is 2.60 bits per heavy atom. The number of rotatable bonds is 2. The lowest BCUT2D eigenvalue weighted by Gasteiger charge is -2.05. The summed E-state index contributed by atoms with van der Waals surface area (Å²) in [5.41, 5.74) is 11.1. The molecule has 0 aliphatic rings. The highest BCUT2D eigenvalue weighted by molar-refractivity contribution is 5.88. The molecular weight excluding hydrogens is 250 g/mol. The summed E-state index contributed by atoms with van der Waals surface area (Å²) in [6, 6.07) is 10.2. The molecule has 0 spiro atoms. The molecule has 0 saturated heterocycles. The topological polar surface area (TPSA) is 67.8 Å². The van der Waals surface area contributed by atoms with Crippen molar-refractivity contribution < 1.29 is 4.42 Å². The maximum atomic E-state index is 6.04. The molecule has 0 atom stereocenters. The van der Waals surface area contributed by atoms with Crippen LogP contribution in [0.4, 0.5) is 5.82 Å². The van der Waals surface area contributed by atoms with Gasteiger partial charge in [0.1, 0.15) is 11.5 Å². The van der Waals surface area contributed by atoms with Crippen molar-refractivity contribution in [2.24, 2.45) is 0 Å².